The van der Waals surface area contributed by atoms with E-state index in [1.54, 1.807) is 18.2 Å². The number of hydrogen-bond acceptors (Lipinski definition) is 3. The van der Waals surface area contributed by atoms with Crippen LogP contribution in [-0.4, -0.2) is 24.3 Å². The summed E-state index contributed by atoms with van der Waals surface area (Å²) in [4.78, 5) is 0.294. The third-order valence-corrected chi connectivity index (χ3v) is 5.67. The van der Waals surface area contributed by atoms with Crippen LogP contribution >= 0.6 is 0 Å². The monoisotopic (exact) mass is 375 g/mol. The van der Waals surface area contributed by atoms with E-state index in [0.717, 1.165) is 35.0 Å². The van der Waals surface area contributed by atoms with Crippen molar-refractivity contribution in [1.82, 2.24) is 4.57 Å². The van der Waals surface area contributed by atoms with Crippen molar-refractivity contribution in [3.63, 3.8) is 0 Å². The first kappa shape index (κ1) is 18.6. The van der Waals surface area contributed by atoms with E-state index < -0.39 is 9.84 Å². The molecule has 3 rings (SSSR count). The van der Waals surface area contributed by atoms with Crippen LogP contribution in [0.3, 0.4) is 0 Å². The summed E-state index contributed by atoms with van der Waals surface area (Å²) < 4.78 is 39.2. The maximum absolute atomic E-state index is 13.4. The Balaban J connectivity index is 2.13. The third-order valence-electron chi connectivity index (χ3n) is 4.56. The molecule has 0 spiro atoms. The number of aryl methyl sites for hydroxylation is 1. The van der Waals surface area contributed by atoms with E-state index in [1.165, 1.54) is 18.4 Å². The highest BCUT2D eigenvalue weighted by atomic mass is 32.2. The van der Waals surface area contributed by atoms with Gasteiger partial charge in [0.1, 0.15) is 5.82 Å². The molecule has 1 heterocycles. The Kier molecular flexibility index (Phi) is 5.16. The van der Waals surface area contributed by atoms with Crippen LogP contribution in [0.2, 0.25) is 0 Å². The molecule has 0 aliphatic rings. The summed E-state index contributed by atoms with van der Waals surface area (Å²) in [7, 11) is -3.27. The van der Waals surface area contributed by atoms with Crippen LogP contribution in [0.1, 0.15) is 30.2 Å². The summed E-state index contributed by atoms with van der Waals surface area (Å²) in [6.07, 6.45) is 2.99. The highest BCUT2D eigenvalue weighted by Crippen LogP contribution is 2.26. The Morgan fingerprint density at radius 1 is 1.08 bits per heavy atom. The minimum absolute atomic E-state index is 0.229. The predicted molar refractivity (Wildman–Crippen MR) is 100 cm³/mol. The lowest BCUT2D eigenvalue weighted by Crippen LogP contribution is -2.07. The Hall–Kier alpha value is -2.18. The summed E-state index contributed by atoms with van der Waals surface area (Å²) in [6.45, 7) is 2.35. The van der Waals surface area contributed by atoms with E-state index in [-0.39, 0.29) is 12.4 Å². The third kappa shape index (κ3) is 3.66. The largest absolute Gasteiger partial charge is 0.392 e. The van der Waals surface area contributed by atoms with Gasteiger partial charge in [-0.1, -0.05) is 19.4 Å². The molecule has 0 fully saturated rings. The van der Waals surface area contributed by atoms with Crippen LogP contribution in [0, 0.1) is 5.82 Å². The van der Waals surface area contributed by atoms with Gasteiger partial charge in [-0.25, -0.2) is 12.8 Å². The molecule has 0 saturated carbocycles. The van der Waals surface area contributed by atoms with Gasteiger partial charge >= 0.3 is 0 Å². The first-order chi connectivity index (χ1) is 12.3. The minimum atomic E-state index is -3.27. The van der Waals surface area contributed by atoms with Crippen molar-refractivity contribution >= 4 is 20.7 Å². The lowest BCUT2D eigenvalue weighted by molar-refractivity contribution is 0.279. The Morgan fingerprint density at radius 3 is 2.50 bits per heavy atom. The number of sulfone groups is 1. The van der Waals surface area contributed by atoms with Crippen molar-refractivity contribution in [1.29, 1.82) is 0 Å². The number of benzene rings is 2. The summed E-state index contributed by atoms with van der Waals surface area (Å²) in [5.74, 6) is -0.373. The van der Waals surface area contributed by atoms with Crippen LogP contribution in [-0.2, 0) is 29.4 Å². The van der Waals surface area contributed by atoms with Gasteiger partial charge in [0, 0.05) is 29.4 Å². The van der Waals surface area contributed by atoms with E-state index in [2.05, 4.69) is 11.5 Å². The van der Waals surface area contributed by atoms with Gasteiger partial charge < -0.3 is 9.67 Å². The van der Waals surface area contributed by atoms with E-state index in [0.29, 0.717) is 17.0 Å². The maximum Gasteiger partial charge on any atom is 0.175 e. The van der Waals surface area contributed by atoms with E-state index >= 15 is 0 Å². The van der Waals surface area contributed by atoms with E-state index in [1.807, 2.05) is 12.1 Å². The molecule has 0 atom stereocenters. The zero-order chi connectivity index (χ0) is 18.9. The topological polar surface area (TPSA) is 59.3 Å². The fourth-order valence-electron chi connectivity index (χ4n) is 3.25. The highest BCUT2D eigenvalue weighted by Gasteiger charge is 2.14. The molecule has 6 heteroatoms. The van der Waals surface area contributed by atoms with E-state index in [9.17, 15) is 17.9 Å². The van der Waals surface area contributed by atoms with Gasteiger partial charge in [-0.3, -0.25) is 0 Å². The summed E-state index contributed by atoms with van der Waals surface area (Å²) in [5.41, 5.74) is 3.41. The predicted octanol–water partition coefficient (Wildman–Crippen LogP) is 3.68. The molecule has 26 heavy (non-hydrogen) atoms. The number of rotatable bonds is 6. The smallest absolute Gasteiger partial charge is 0.175 e. The van der Waals surface area contributed by atoms with Gasteiger partial charge in [0.2, 0.25) is 0 Å². The van der Waals surface area contributed by atoms with Gasteiger partial charge in [0.25, 0.3) is 0 Å². The molecule has 0 amide bonds. The highest BCUT2D eigenvalue weighted by molar-refractivity contribution is 7.90. The molecule has 0 bridgehead atoms. The quantitative estimate of drug-likeness (QED) is 0.715. The molecule has 3 aromatic rings. The second kappa shape index (κ2) is 7.21. The van der Waals surface area contributed by atoms with Crippen molar-refractivity contribution in [2.24, 2.45) is 0 Å². The van der Waals surface area contributed by atoms with Crippen molar-refractivity contribution in [2.45, 2.75) is 37.8 Å². The number of aliphatic hydroxyl groups is 1. The standard InChI is InChI=1S/C20H22FNO3S/c1-3-4-18-10-15-11-19(26(2,24)25)7-8-20(15)22(18)12-14-5-6-17(21)9-16(14)13-23/h5-11,23H,3-4,12-13H2,1-2H3. The zero-order valence-electron chi connectivity index (χ0n) is 14.9. The SMILES string of the molecule is CCCc1cc2cc(S(C)(=O)=O)ccc2n1Cc1ccc(F)cc1CO. The van der Waals surface area contributed by atoms with E-state index in [4.69, 9.17) is 0 Å². The first-order valence-corrected chi connectivity index (χ1v) is 10.4. The second-order valence-corrected chi connectivity index (χ2v) is 8.55. The molecule has 1 N–H and O–H groups in total. The number of nitrogens with zero attached hydrogens (tertiary/aromatic N) is 1. The molecule has 0 aliphatic heterocycles. The van der Waals surface area contributed by atoms with Crippen LogP contribution in [0.5, 0.6) is 0 Å². The van der Waals surface area contributed by atoms with Crippen LogP contribution in [0.4, 0.5) is 4.39 Å². The van der Waals surface area contributed by atoms with Gasteiger partial charge in [0.05, 0.1) is 11.5 Å². The fourth-order valence-corrected chi connectivity index (χ4v) is 3.91. The molecular weight excluding hydrogens is 353 g/mol. The van der Waals surface area contributed by atoms with Crippen molar-refractivity contribution in [3.8, 4) is 0 Å². The average molecular weight is 375 g/mol. The van der Waals surface area contributed by atoms with Crippen LogP contribution < -0.4 is 0 Å². The molecule has 0 radical (unpaired) electrons. The summed E-state index contributed by atoms with van der Waals surface area (Å²) in [5, 5.41) is 10.4. The lowest BCUT2D eigenvalue weighted by Gasteiger charge is -2.14. The normalized spacial score (nSPS) is 12.0. The number of aromatic nitrogens is 1. The molecule has 0 saturated heterocycles. The lowest BCUT2D eigenvalue weighted by atomic mass is 10.1. The van der Waals surface area contributed by atoms with Crippen molar-refractivity contribution in [2.75, 3.05) is 6.26 Å². The number of fused-ring (bicyclic) bond motifs is 1. The Labute approximate surface area is 152 Å². The number of aliphatic hydroxyl groups excluding tert-OH is 1. The van der Waals surface area contributed by atoms with Gasteiger partial charge in [0.15, 0.2) is 9.84 Å². The van der Waals surface area contributed by atoms with Crippen molar-refractivity contribution in [3.05, 3.63) is 65.1 Å². The van der Waals surface area contributed by atoms with Gasteiger partial charge in [-0.15, -0.1) is 0 Å². The van der Waals surface area contributed by atoms with Crippen molar-refractivity contribution < 1.29 is 17.9 Å². The summed E-state index contributed by atoms with van der Waals surface area (Å²) in [6, 6.07) is 11.6. The second-order valence-electron chi connectivity index (χ2n) is 6.54. The number of hydrogen-bond donors (Lipinski definition) is 1. The Morgan fingerprint density at radius 2 is 1.85 bits per heavy atom. The first-order valence-electron chi connectivity index (χ1n) is 8.54. The molecule has 0 unspecified atom stereocenters. The molecule has 4 nitrogen and oxygen atoms in total. The molecule has 2 aromatic carbocycles. The zero-order valence-corrected chi connectivity index (χ0v) is 15.7. The molecule has 1 aromatic heterocycles. The summed E-state index contributed by atoms with van der Waals surface area (Å²) >= 11 is 0. The fraction of sp³-hybridized carbons (Fsp3) is 0.300. The van der Waals surface area contributed by atoms with Crippen LogP contribution in [0.15, 0.2) is 47.4 Å². The molecule has 0 aliphatic carbocycles. The average Bonchev–Trinajstić information content (AvgIpc) is 2.92. The van der Waals surface area contributed by atoms with Crippen LogP contribution in [0.25, 0.3) is 10.9 Å². The van der Waals surface area contributed by atoms with Gasteiger partial charge in [-0.05, 0) is 53.9 Å². The molecular formula is C20H22FNO3S. The molecule has 138 valence electrons. The Bertz CT molecular complexity index is 1050. The maximum atomic E-state index is 13.4. The minimum Gasteiger partial charge on any atom is -0.392 e. The number of halogens is 1. The van der Waals surface area contributed by atoms with Gasteiger partial charge in [-0.2, -0.15) is 0 Å².